The number of aliphatic hydroxyl groups excluding tert-OH is 1. The average molecular weight is 322 g/mol. The number of rotatable bonds is 5. The van der Waals surface area contributed by atoms with E-state index in [1.165, 1.54) is 0 Å². The van der Waals surface area contributed by atoms with Gasteiger partial charge in [-0.2, -0.15) is 0 Å². The van der Waals surface area contributed by atoms with Crippen molar-refractivity contribution in [2.75, 3.05) is 13.7 Å². The number of fused-ring (bicyclic) bond motifs is 1. The third-order valence-electron chi connectivity index (χ3n) is 3.79. The molecule has 1 heterocycles. The number of benzene rings is 2. The van der Waals surface area contributed by atoms with E-state index in [0.29, 0.717) is 11.3 Å². The molecule has 5 heteroatoms. The molecule has 1 amide bonds. The molecule has 5 nitrogen and oxygen atoms in total. The van der Waals surface area contributed by atoms with Gasteiger partial charge in [0.2, 0.25) is 0 Å². The molecule has 0 radical (unpaired) electrons. The van der Waals surface area contributed by atoms with Crippen molar-refractivity contribution in [1.82, 2.24) is 10.3 Å². The fraction of sp³-hybridized carbons (Fsp3) is 0.158. The summed E-state index contributed by atoms with van der Waals surface area (Å²) >= 11 is 0. The van der Waals surface area contributed by atoms with E-state index in [1.807, 2.05) is 30.3 Å². The third kappa shape index (κ3) is 3.52. The number of hydrogen-bond acceptors (Lipinski definition) is 4. The molecule has 1 aromatic heterocycles. The van der Waals surface area contributed by atoms with Gasteiger partial charge in [-0.1, -0.05) is 36.4 Å². The van der Waals surface area contributed by atoms with E-state index >= 15 is 0 Å². The first kappa shape index (κ1) is 16.0. The van der Waals surface area contributed by atoms with E-state index in [0.717, 1.165) is 16.7 Å². The lowest BCUT2D eigenvalue weighted by atomic mass is 10.1. The maximum atomic E-state index is 12.2. The number of para-hydroxylation sites is 1. The Morgan fingerprint density at radius 3 is 2.62 bits per heavy atom. The molecular formula is C19H18N2O3. The summed E-state index contributed by atoms with van der Waals surface area (Å²) in [5.41, 5.74) is 1.80. The highest BCUT2D eigenvalue weighted by molar-refractivity contribution is 5.94. The number of nitrogens with one attached hydrogen (secondary N) is 1. The lowest BCUT2D eigenvalue weighted by Crippen LogP contribution is -2.29. The summed E-state index contributed by atoms with van der Waals surface area (Å²) in [6, 6.07) is 18.2. The van der Waals surface area contributed by atoms with Gasteiger partial charge in [0, 0.05) is 11.9 Å². The Morgan fingerprint density at radius 2 is 1.88 bits per heavy atom. The topological polar surface area (TPSA) is 71.5 Å². The van der Waals surface area contributed by atoms with Crippen LogP contribution in [-0.2, 0) is 0 Å². The summed E-state index contributed by atoms with van der Waals surface area (Å²) in [7, 11) is 1.59. The zero-order chi connectivity index (χ0) is 16.9. The van der Waals surface area contributed by atoms with Gasteiger partial charge in [0.05, 0.1) is 18.7 Å². The van der Waals surface area contributed by atoms with Crippen molar-refractivity contribution in [2.45, 2.75) is 6.10 Å². The molecule has 3 aromatic rings. The normalized spacial score (nSPS) is 11.9. The summed E-state index contributed by atoms with van der Waals surface area (Å²) in [4.78, 5) is 16.6. The summed E-state index contributed by atoms with van der Waals surface area (Å²) in [6.07, 6.45) is -0.791. The number of aliphatic hydroxyl groups is 1. The number of methoxy groups -OCH3 is 1. The van der Waals surface area contributed by atoms with Crippen molar-refractivity contribution in [3.05, 3.63) is 71.9 Å². The molecule has 3 rings (SSSR count). The number of nitrogens with zero attached hydrogens (tertiary/aromatic N) is 1. The van der Waals surface area contributed by atoms with Gasteiger partial charge in [0.1, 0.15) is 11.4 Å². The molecule has 0 aliphatic carbocycles. The van der Waals surface area contributed by atoms with Crippen LogP contribution in [0.5, 0.6) is 5.75 Å². The van der Waals surface area contributed by atoms with Crippen molar-refractivity contribution < 1.29 is 14.6 Å². The number of carbonyl (C=O) groups excluding carboxylic acids is 1. The van der Waals surface area contributed by atoms with Gasteiger partial charge in [0.25, 0.3) is 5.91 Å². The van der Waals surface area contributed by atoms with E-state index in [2.05, 4.69) is 10.3 Å². The van der Waals surface area contributed by atoms with E-state index in [9.17, 15) is 9.90 Å². The summed E-state index contributed by atoms with van der Waals surface area (Å²) in [5, 5.41) is 13.9. The molecule has 0 fully saturated rings. The molecule has 0 aliphatic rings. The fourth-order valence-electron chi connectivity index (χ4n) is 2.42. The second-order valence-corrected chi connectivity index (χ2v) is 5.39. The first-order valence-corrected chi connectivity index (χ1v) is 7.63. The zero-order valence-electron chi connectivity index (χ0n) is 13.3. The molecule has 1 unspecified atom stereocenters. The number of pyridine rings is 1. The van der Waals surface area contributed by atoms with Crippen LogP contribution in [0.4, 0.5) is 0 Å². The van der Waals surface area contributed by atoms with E-state index < -0.39 is 6.10 Å². The first-order valence-electron chi connectivity index (χ1n) is 7.63. The first-order chi connectivity index (χ1) is 11.7. The molecule has 0 saturated carbocycles. The lowest BCUT2D eigenvalue weighted by molar-refractivity contribution is 0.0911. The molecule has 122 valence electrons. The van der Waals surface area contributed by atoms with Crippen LogP contribution in [0.2, 0.25) is 0 Å². The highest BCUT2D eigenvalue weighted by Gasteiger charge is 2.12. The number of aromatic nitrogens is 1. The summed E-state index contributed by atoms with van der Waals surface area (Å²) in [6.45, 7) is 0.111. The highest BCUT2D eigenvalue weighted by atomic mass is 16.5. The number of ether oxygens (including phenoxy) is 1. The predicted molar refractivity (Wildman–Crippen MR) is 92.0 cm³/mol. The molecular weight excluding hydrogens is 304 g/mol. The van der Waals surface area contributed by atoms with Gasteiger partial charge in [-0.25, -0.2) is 4.98 Å². The van der Waals surface area contributed by atoms with Crippen LogP contribution in [0.15, 0.2) is 60.7 Å². The molecule has 0 bridgehead atoms. The molecule has 0 spiro atoms. The van der Waals surface area contributed by atoms with Crippen LogP contribution >= 0.6 is 0 Å². The van der Waals surface area contributed by atoms with E-state index in [1.54, 1.807) is 37.4 Å². The Morgan fingerprint density at radius 1 is 1.12 bits per heavy atom. The van der Waals surface area contributed by atoms with Gasteiger partial charge in [-0.3, -0.25) is 4.79 Å². The van der Waals surface area contributed by atoms with Crippen molar-refractivity contribution in [1.29, 1.82) is 0 Å². The number of carbonyl (C=O) groups is 1. The van der Waals surface area contributed by atoms with Gasteiger partial charge < -0.3 is 15.2 Å². The van der Waals surface area contributed by atoms with Crippen molar-refractivity contribution >= 4 is 16.8 Å². The third-order valence-corrected chi connectivity index (χ3v) is 3.79. The van der Waals surface area contributed by atoms with Crippen LogP contribution in [-0.4, -0.2) is 29.7 Å². The molecule has 24 heavy (non-hydrogen) atoms. The lowest BCUT2D eigenvalue weighted by Gasteiger charge is -2.13. The molecule has 1 atom stereocenters. The Bertz CT molecular complexity index is 847. The highest BCUT2D eigenvalue weighted by Crippen LogP contribution is 2.17. The van der Waals surface area contributed by atoms with Gasteiger partial charge >= 0.3 is 0 Å². The Hall–Kier alpha value is -2.92. The predicted octanol–water partition coefficient (Wildman–Crippen LogP) is 2.71. The van der Waals surface area contributed by atoms with Gasteiger partial charge in [0.15, 0.2) is 0 Å². The fourth-order valence-corrected chi connectivity index (χ4v) is 2.42. The van der Waals surface area contributed by atoms with Crippen LogP contribution in [0.3, 0.4) is 0 Å². The quantitative estimate of drug-likeness (QED) is 0.757. The molecule has 0 saturated heterocycles. The molecule has 0 aliphatic heterocycles. The monoisotopic (exact) mass is 322 g/mol. The largest absolute Gasteiger partial charge is 0.497 e. The van der Waals surface area contributed by atoms with Gasteiger partial charge in [-0.15, -0.1) is 0 Å². The summed E-state index contributed by atoms with van der Waals surface area (Å²) < 4.78 is 5.08. The minimum absolute atomic E-state index is 0.111. The van der Waals surface area contributed by atoms with E-state index in [-0.39, 0.29) is 12.5 Å². The number of amides is 1. The average Bonchev–Trinajstić information content (AvgIpc) is 2.65. The van der Waals surface area contributed by atoms with Crippen molar-refractivity contribution in [2.24, 2.45) is 0 Å². The minimum atomic E-state index is -0.791. The minimum Gasteiger partial charge on any atom is -0.497 e. The Kier molecular flexibility index (Phi) is 4.72. The van der Waals surface area contributed by atoms with Crippen molar-refractivity contribution in [3.8, 4) is 5.75 Å². The van der Waals surface area contributed by atoms with Crippen molar-refractivity contribution in [3.63, 3.8) is 0 Å². The number of hydrogen-bond donors (Lipinski definition) is 2. The van der Waals surface area contributed by atoms with Crippen LogP contribution in [0, 0.1) is 0 Å². The second kappa shape index (κ2) is 7.10. The van der Waals surface area contributed by atoms with E-state index in [4.69, 9.17) is 4.74 Å². The van der Waals surface area contributed by atoms with Crippen LogP contribution < -0.4 is 10.1 Å². The SMILES string of the molecule is COc1ccc(C(O)CNC(=O)c2ccc3ccccc3n2)cc1. The Balaban J connectivity index is 1.65. The second-order valence-electron chi connectivity index (χ2n) is 5.39. The van der Waals surface area contributed by atoms with Gasteiger partial charge in [-0.05, 0) is 29.8 Å². The molecule has 2 N–H and O–H groups in total. The maximum Gasteiger partial charge on any atom is 0.270 e. The van der Waals surface area contributed by atoms with Crippen LogP contribution in [0.1, 0.15) is 22.2 Å². The molecule has 2 aromatic carbocycles. The zero-order valence-corrected chi connectivity index (χ0v) is 13.3. The summed E-state index contributed by atoms with van der Waals surface area (Å²) in [5.74, 6) is 0.406. The standard InChI is InChI=1S/C19H18N2O3/c1-24-15-9-6-14(7-10-15)18(22)12-20-19(23)17-11-8-13-4-2-3-5-16(13)21-17/h2-11,18,22H,12H2,1H3,(H,20,23). The Labute approximate surface area is 139 Å². The van der Waals surface area contributed by atoms with Crippen LogP contribution in [0.25, 0.3) is 10.9 Å². The maximum absolute atomic E-state index is 12.2. The smallest absolute Gasteiger partial charge is 0.270 e.